The zero-order valence-corrected chi connectivity index (χ0v) is 19.0. The Bertz CT molecular complexity index is 388. The fourth-order valence-corrected chi connectivity index (χ4v) is 4.29. The molecule has 0 radical (unpaired) electrons. The van der Waals surface area contributed by atoms with Gasteiger partial charge in [0.1, 0.15) is 0 Å². The quantitative estimate of drug-likeness (QED) is 0.227. The second-order valence-corrected chi connectivity index (χ2v) is 9.05. The minimum Gasteiger partial charge on any atom is -0.353 e. The zero-order chi connectivity index (χ0) is 20.5. The van der Waals surface area contributed by atoms with E-state index in [2.05, 4.69) is 30.6 Å². The molecular formula is C25H48N2O. The Kier molecular flexibility index (Phi) is 15.4. The van der Waals surface area contributed by atoms with E-state index in [1.807, 2.05) is 6.08 Å². The summed E-state index contributed by atoms with van der Waals surface area (Å²) in [5, 5.41) is 3.24. The average molecular weight is 393 g/mol. The van der Waals surface area contributed by atoms with Gasteiger partial charge in [0.2, 0.25) is 5.91 Å². The van der Waals surface area contributed by atoms with Crippen LogP contribution in [0.2, 0.25) is 0 Å². The maximum absolute atomic E-state index is 12.2. The van der Waals surface area contributed by atoms with Crippen LogP contribution < -0.4 is 5.32 Å². The fraction of sp³-hybridized carbons (Fsp3) is 0.880. The van der Waals surface area contributed by atoms with E-state index in [0.29, 0.717) is 12.5 Å². The molecule has 1 atom stereocenters. The summed E-state index contributed by atoms with van der Waals surface area (Å²) in [5.74, 6) is 1.08. The van der Waals surface area contributed by atoms with Crippen LogP contribution in [-0.4, -0.2) is 36.5 Å². The maximum Gasteiger partial charge on any atom is 0.220 e. The molecule has 3 nitrogen and oxygen atoms in total. The van der Waals surface area contributed by atoms with Gasteiger partial charge in [0.15, 0.2) is 0 Å². The highest BCUT2D eigenvalue weighted by Gasteiger charge is 2.19. The Balaban J connectivity index is 1.91. The molecule has 1 amide bonds. The number of rotatable bonds is 17. The first-order valence-electron chi connectivity index (χ1n) is 12.3. The molecule has 0 bridgehead atoms. The van der Waals surface area contributed by atoms with Gasteiger partial charge in [-0.05, 0) is 25.2 Å². The van der Waals surface area contributed by atoms with Gasteiger partial charge in [-0.3, -0.25) is 9.69 Å². The minimum absolute atomic E-state index is 0.262. The number of hydrogen-bond acceptors (Lipinski definition) is 2. The van der Waals surface area contributed by atoms with Crippen molar-refractivity contribution in [3.63, 3.8) is 0 Å². The van der Waals surface area contributed by atoms with Crippen LogP contribution >= 0.6 is 0 Å². The lowest BCUT2D eigenvalue weighted by Gasteiger charge is -2.31. The number of likely N-dealkylation sites (tertiary alicyclic amines) is 1. The van der Waals surface area contributed by atoms with Crippen molar-refractivity contribution >= 4 is 5.91 Å². The molecule has 0 aromatic heterocycles. The van der Waals surface area contributed by atoms with E-state index < -0.39 is 0 Å². The summed E-state index contributed by atoms with van der Waals surface area (Å²) in [6, 6.07) is 0.384. The summed E-state index contributed by atoms with van der Waals surface area (Å²) in [4.78, 5) is 14.6. The molecule has 0 spiro atoms. The van der Waals surface area contributed by atoms with Gasteiger partial charge >= 0.3 is 0 Å². The Morgan fingerprint density at radius 3 is 2.18 bits per heavy atom. The predicted molar refractivity (Wildman–Crippen MR) is 123 cm³/mol. The second-order valence-electron chi connectivity index (χ2n) is 9.05. The first kappa shape index (κ1) is 25.2. The molecule has 1 unspecified atom stereocenters. The highest BCUT2D eigenvalue weighted by molar-refractivity contribution is 5.76. The van der Waals surface area contributed by atoms with Crippen molar-refractivity contribution < 1.29 is 4.79 Å². The van der Waals surface area contributed by atoms with Gasteiger partial charge in [-0.1, -0.05) is 90.6 Å². The normalized spacial score (nSPS) is 16.8. The van der Waals surface area contributed by atoms with Crippen LogP contribution in [0, 0.1) is 5.92 Å². The molecule has 0 aromatic rings. The minimum atomic E-state index is 0.262. The molecule has 28 heavy (non-hydrogen) atoms. The number of carbonyl (C=O) groups excluding carboxylic acids is 1. The van der Waals surface area contributed by atoms with Crippen molar-refractivity contribution in [1.82, 2.24) is 10.2 Å². The van der Waals surface area contributed by atoms with Crippen molar-refractivity contribution in [2.75, 3.05) is 19.6 Å². The molecule has 0 aliphatic carbocycles. The van der Waals surface area contributed by atoms with Crippen molar-refractivity contribution in [2.24, 2.45) is 5.92 Å². The summed E-state index contributed by atoms with van der Waals surface area (Å²) in [6.07, 6.45) is 21.0. The highest BCUT2D eigenvalue weighted by Crippen LogP contribution is 2.18. The number of carbonyl (C=O) groups is 1. The molecular weight excluding hydrogens is 344 g/mol. The third kappa shape index (κ3) is 13.4. The summed E-state index contributed by atoms with van der Waals surface area (Å²) in [7, 11) is 0. The molecule has 1 aliphatic heterocycles. The zero-order valence-electron chi connectivity index (χ0n) is 19.0. The first-order chi connectivity index (χ1) is 13.7. The molecule has 1 N–H and O–H groups in total. The van der Waals surface area contributed by atoms with Gasteiger partial charge in [-0.25, -0.2) is 0 Å². The topological polar surface area (TPSA) is 32.3 Å². The lowest BCUT2D eigenvalue weighted by Crippen LogP contribution is -2.44. The monoisotopic (exact) mass is 392 g/mol. The molecule has 1 heterocycles. The Labute approximate surface area is 175 Å². The summed E-state index contributed by atoms with van der Waals surface area (Å²) >= 11 is 0. The lowest BCUT2D eigenvalue weighted by molar-refractivity contribution is -0.122. The second kappa shape index (κ2) is 17.1. The van der Waals surface area contributed by atoms with Crippen LogP contribution in [0.15, 0.2) is 12.7 Å². The van der Waals surface area contributed by atoms with Crippen LogP contribution in [0.5, 0.6) is 0 Å². The standard InChI is InChI=1S/C25H48N2O/c1-4-6-7-8-9-10-11-12-15-23(3)16-13-14-17-25(28)26-24-18-21-27(20-5-2)22-19-24/h5,23-24H,2,4,6-22H2,1,3H3,(H,26,28). The molecule has 1 saturated heterocycles. The van der Waals surface area contributed by atoms with E-state index in [0.717, 1.165) is 44.8 Å². The third-order valence-corrected chi connectivity index (χ3v) is 6.24. The van der Waals surface area contributed by atoms with E-state index in [4.69, 9.17) is 0 Å². The predicted octanol–water partition coefficient (Wildman–Crippen LogP) is 6.48. The number of unbranched alkanes of at least 4 members (excludes halogenated alkanes) is 8. The van der Waals surface area contributed by atoms with Crippen molar-refractivity contribution in [1.29, 1.82) is 0 Å². The summed E-state index contributed by atoms with van der Waals surface area (Å²) in [5.41, 5.74) is 0. The molecule has 1 aliphatic rings. The van der Waals surface area contributed by atoms with Crippen molar-refractivity contribution in [2.45, 2.75) is 116 Å². The van der Waals surface area contributed by atoms with Crippen LogP contribution in [0.25, 0.3) is 0 Å². The fourth-order valence-electron chi connectivity index (χ4n) is 4.29. The van der Waals surface area contributed by atoms with Gasteiger partial charge in [0, 0.05) is 32.1 Å². The lowest BCUT2D eigenvalue weighted by atomic mass is 9.96. The van der Waals surface area contributed by atoms with E-state index in [-0.39, 0.29) is 5.91 Å². The van der Waals surface area contributed by atoms with E-state index in [9.17, 15) is 4.79 Å². The van der Waals surface area contributed by atoms with Gasteiger partial charge in [-0.2, -0.15) is 0 Å². The SMILES string of the molecule is C=CCN1CCC(NC(=O)CCCCC(C)CCCCCCCCCC)CC1. The first-order valence-corrected chi connectivity index (χ1v) is 12.3. The van der Waals surface area contributed by atoms with Crippen molar-refractivity contribution in [3.05, 3.63) is 12.7 Å². The Morgan fingerprint density at radius 1 is 1.00 bits per heavy atom. The van der Waals surface area contributed by atoms with Crippen LogP contribution in [0.4, 0.5) is 0 Å². The molecule has 1 rings (SSSR count). The van der Waals surface area contributed by atoms with Crippen molar-refractivity contribution in [3.8, 4) is 0 Å². The number of hydrogen-bond donors (Lipinski definition) is 1. The highest BCUT2D eigenvalue weighted by atomic mass is 16.1. The number of amides is 1. The Morgan fingerprint density at radius 2 is 1.57 bits per heavy atom. The number of nitrogens with zero attached hydrogens (tertiary/aromatic N) is 1. The van der Waals surface area contributed by atoms with Gasteiger partial charge in [-0.15, -0.1) is 6.58 Å². The van der Waals surface area contributed by atoms with E-state index in [1.165, 1.54) is 70.6 Å². The average Bonchev–Trinajstić information content (AvgIpc) is 2.69. The molecule has 0 aromatic carbocycles. The molecule has 164 valence electrons. The van der Waals surface area contributed by atoms with Gasteiger partial charge in [0.25, 0.3) is 0 Å². The number of nitrogens with one attached hydrogen (secondary N) is 1. The summed E-state index contributed by atoms with van der Waals surface area (Å²) in [6.45, 7) is 11.6. The van der Waals surface area contributed by atoms with Crippen LogP contribution in [0.3, 0.4) is 0 Å². The summed E-state index contributed by atoms with van der Waals surface area (Å²) < 4.78 is 0. The van der Waals surface area contributed by atoms with Crippen LogP contribution in [-0.2, 0) is 4.79 Å². The Hall–Kier alpha value is -0.830. The molecule has 3 heteroatoms. The number of piperidine rings is 1. The van der Waals surface area contributed by atoms with Gasteiger partial charge in [0.05, 0.1) is 0 Å². The van der Waals surface area contributed by atoms with E-state index >= 15 is 0 Å². The smallest absolute Gasteiger partial charge is 0.220 e. The van der Waals surface area contributed by atoms with Crippen LogP contribution in [0.1, 0.15) is 110 Å². The largest absolute Gasteiger partial charge is 0.353 e. The van der Waals surface area contributed by atoms with Gasteiger partial charge < -0.3 is 5.32 Å². The molecule has 0 saturated carbocycles. The maximum atomic E-state index is 12.2. The van der Waals surface area contributed by atoms with E-state index in [1.54, 1.807) is 0 Å². The third-order valence-electron chi connectivity index (χ3n) is 6.24. The molecule has 1 fully saturated rings.